The van der Waals surface area contributed by atoms with Gasteiger partial charge in [0.15, 0.2) is 5.17 Å². The van der Waals surface area contributed by atoms with Gasteiger partial charge in [-0.05, 0) is 50.3 Å². The molecule has 184 valence electrons. The molecule has 3 amide bonds. The van der Waals surface area contributed by atoms with E-state index in [0.717, 1.165) is 32.4 Å². The van der Waals surface area contributed by atoms with Crippen LogP contribution in [-0.2, 0) is 9.59 Å². The highest BCUT2D eigenvalue weighted by Gasteiger charge is 2.42. The molecule has 1 N–H and O–H groups in total. The number of amides is 3. The summed E-state index contributed by atoms with van der Waals surface area (Å²) in [5.41, 5.74) is 0.565. The summed E-state index contributed by atoms with van der Waals surface area (Å²) in [6, 6.07) is 6.14. The minimum absolute atomic E-state index is 0.0183. The number of halogens is 3. The maximum Gasteiger partial charge on any atom is 0.393 e. The standard InChI is InChI=1S/C23H27F3N4O3S/c24-23(25,26)16-7-5-11-30(14-16)21(33)15-6-4-8-17(12-15)27-19(31)13-18-20(32)28-22(34-18)29-9-2-1-3-10-29/h4,6,8,12,16,18H,1-3,5,7,9-11,13-14H2,(H,27,31)/t16-,18-/m0/s1. The highest BCUT2D eigenvalue weighted by molar-refractivity contribution is 8.15. The van der Waals surface area contributed by atoms with Gasteiger partial charge >= 0.3 is 6.18 Å². The first-order valence-electron chi connectivity index (χ1n) is 11.5. The Bertz CT molecular complexity index is 978. The maximum absolute atomic E-state index is 13.1. The smallest absolute Gasteiger partial charge is 0.351 e. The predicted molar refractivity (Wildman–Crippen MR) is 124 cm³/mol. The zero-order chi connectivity index (χ0) is 24.3. The number of piperidine rings is 2. The summed E-state index contributed by atoms with van der Waals surface area (Å²) < 4.78 is 39.3. The van der Waals surface area contributed by atoms with Crippen molar-refractivity contribution >= 4 is 40.3 Å². The normalized spacial score (nSPS) is 23.6. The number of hydrogen-bond acceptors (Lipinski definition) is 5. The number of thioether (sulfide) groups is 1. The van der Waals surface area contributed by atoms with Crippen molar-refractivity contribution in [3.63, 3.8) is 0 Å². The van der Waals surface area contributed by atoms with E-state index in [1.807, 2.05) is 0 Å². The zero-order valence-electron chi connectivity index (χ0n) is 18.6. The molecular weight excluding hydrogens is 469 g/mol. The number of amidine groups is 1. The van der Waals surface area contributed by atoms with Gasteiger partial charge in [-0.2, -0.15) is 18.2 Å². The number of benzene rings is 1. The van der Waals surface area contributed by atoms with Crippen molar-refractivity contribution in [3.8, 4) is 0 Å². The summed E-state index contributed by atoms with van der Waals surface area (Å²) in [4.78, 5) is 45.1. The highest BCUT2D eigenvalue weighted by atomic mass is 32.2. The third-order valence-electron chi connectivity index (χ3n) is 6.29. The van der Waals surface area contributed by atoms with Gasteiger partial charge in [-0.15, -0.1) is 0 Å². The number of alkyl halides is 3. The van der Waals surface area contributed by atoms with Crippen molar-refractivity contribution in [2.45, 2.75) is 50.0 Å². The predicted octanol–water partition coefficient (Wildman–Crippen LogP) is 3.91. The van der Waals surface area contributed by atoms with Crippen LogP contribution in [0.4, 0.5) is 18.9 Å². The quantitative estimate of drug-likeness (QED) is 0.684. The summed E-state index contributed by atoms with van der Waals surface area (Å²) in [6.45, 7) is 1.63. The summed E-state index contributed by atoms with van der Waals surface area (Å²) >= 11 is 1.31. The molecule has 4 rings (SSSR count). The molecule has 2 saturated heterocycles. The van der Waals surface area contributed by atoms with Crippen LogP contribution in [0.2, 0.25) is 0 Å². The molecule has 0 saturated carbocycles. The molecule has 1 aromatic rings. The molecule has 0 aromatic heterocycles. The van der Waals surface area contributed by atoms with Gasteiger partial charge in [0.25, 0.3) is 11.8 Å². The lowest BCUT2D eigenvalue weighted by Gasteiger charge is -2.33. The van der Waals surface area contributed by atoms with E-state index in [2.05, 4.69) is 15.2 Å². The van der Waals surface area contributed by atoms with Gasteiger partial charge in [0.1, 0.15) is 5.25 Å². The molecule has 1 aromatic carbocycles. The van der Waals surface area contributed by atoms with Crippen molar-refractivity contribution in [2.75, 3.05) is 31.5 Å². The highest BCUT2D eigenvalue weighted by Crippen LogP contribution is 2.34. The molecule has 0 spiro atoms. The van der Waals surface area contributed by atoms with E-state index in [0.29, 0.717) is 17.3 Å². The van der Waals surface area contributed by atoms with E-state index in [1.54, 1.807) is 12.1 Å². The van der Waals surface area contributed by atoms with Crippen molar-refractivity contribution in [1.82, 2.24) is 9.80 Å². The Balaban J connectivity index is 1.33. The van der Waals surface area contributed by atoms with E-state index in [1.165, 1.54) is 28.8 Å². The van der Waals surface area contributed by atoms with Gasteiger partial charge < -0.3 is 15.1 Å². The Kier molecular flexibility index (Phi) is 7.49. The number of nitrogens with one attached hydrogen (secondary N) is 1. The van der Waals surface area contributed by atoms with Crippen LogP contribution < -0.4 is 5.32 Å². The topological polar surface area (TPSA) is 82.1 Å². The van der Waals surface area contributed by atoms with E-state index in [9.17, 15) is 27.6 Å². The summed E-state index contributed by atoms with van der Waals surface area (Å²) in [6.07, 6.45) is -0.795. The number of nitrogens with zero attached hydrogens (tertiary/aromatic N) is 3. The fourth-order valence-corrected chi connectivity index (χ4v) is 5.57. The minimum atomic E-state index is -4.33. The average molecular weight is 497 g/mol. The van der Waals surface area contributed by atoms with Gasteiger partial charge in [0.2, 0.25) is 5.91 Å². The van der Waals surface area contributed by atoms with Crippen molar-refractivity contribution < 1.29 is 27.6 Å². The molecular formula is C23H27F3N4O3S. The second-order valence-electron chi connectivity index (χ2n) is 8.85. The first kappa shape index (κ1) is 24.6. The molecule has 2 atom stereocenters. The Morgan fingerprint density at radius 1 is 1.12 bits per heavy atom. The van der Waals surface area contributed by atoms with Crippen molar-refractivity contribution in [2.24, 2.45) is 10.9 Å². The number of rotatable bonds is 4. The molecule has 2 fully saturated rings. The van der Waals surface area contributed by atoms with E-state index >= 15 is 0 Å². The third-order valence-corrected chi connectivity index (χ3v) is 7.50. The summed E-state index contributed by atoms with van der Waals surface area (Å²) in [5.74, 6) is -2.73. The molecule has 0 unspecified atom stereocenters. The number of carbonyl (C=O) groups excluding carboxylic acids is 3. The first-order valence-corrected chi connectivity index (χ1v) is 12.4. The lowest BCUT2D eigenvalue weighted by atomic mass is 9.97. The number of carbonyl (C=O) groups is 3. The molecule has 34 heavy (non-hydrogen) atoms. The number of aliphatic imine (C=N–C) groups is 1. The van der Waals surface area contributed by atoms with Crippen LogP contribution in [0, 0.1) is 5.92 Å². The maximum atomic E-state index is 13.1. The second-order valence-corrected chi connectivity index (χ2v) is 10.0. The van der Waals surface area contributed by atoms with Gasteiger partial charge in [-0.25, -0.2) is 0 Å². The molecule has 7 nitrogen and oxygen atoms in total. The Labute approximate surface area is 200 Å². The van der Waals surface area contributed by atoms with Crippen LogP contribution in [0.1, 0.15) is 48.9 Å². The third kappa shape index (κ3) is 5.92. The number of anilines is 1. The van der Waals surface area contributed by atoms with Gasteiger partial charge in [-0.1, -0.05) is 17.8 Å². The van der Waals surface area contributed by atoms with Crippen LogP contribution in [-0.4, -0.2) is 70.3 Å². The van der Waals surface area contributed by atoms with Crippen LogP contribution in [0.15, 0.2) is 29.3 Å². The first-order chi connectivity index (χ1) is 16.2. The van der Waals surface area contributed by atoms with E-state index < -0.39 is 23.3 Å². The van der Waals surface area contributed by atoms with Gasteiger partial charge in [0.05, 0.1) is 5.92 Å². The van der Waals surface area contributed by atoms with Crippen LogP contribution in [0.3, 0.4) is 0 Å². The number of likely N-dealkylation sites (tertiary alicyclic amines) is 2. The number of hydrogen-bond donors (Lipinski definition) is 1. The zero-order valence-corrected chi connectivity index (χ0v) is 19.5. The summed E-state index contributed by atoms with van der Waals surface area (Å²) in [5, 5.41) is 2.78. The van der Waals surface area contributed by atoms with E-state index in [-0.39, 0.29) is 43.3 Å². The molecule has 3 aliphatic rings. The van der Waals surface area contributed by atoms with Gasteiger partial charge in [0, 0.05) is 43.9 Å². The fraction of sp³-hybridized carbons (Fsp3) is 0.565. The summed E-state index contributed by atoms with van der Waals surface area (Å²) in [7, 11) is 0. The minimum Gasteiger partial charge on any atom is -0.351 e. The molecule has 3 heterocycles. The second kappa shape index (κ2) is 10.4. The van der Waals surface area contributed by atoms with Crippen molar-refractivity contribution in [1.29, 1.82) is 0 Å². The molecule has 0 radical (unpaired) electrons. The molecule has 0 bridgehead atoms. The van der Waals surface area contributed by atoms with Crippen LogP contribution in [0.5, 0.6) is 0 Å². The monoisotopic (exact) mass is 496 g/mol. The molecule has 3 aliphatic heterocycles. The Morgan fingerprint density at radius 3 is 2.62 bits per heavy atom. The van der Waals surface area contributed by atoms with Crippen molar-refractivity contribution in [3.05, 3.63) is 29.8 Å². The van der Waals surface area contributed by atoms with Crippen LogP contribution in [0.25, 0.3) is 0 Å². The Morgan fingerprint density at radius 2 is 1.88 bits per heavy atom. The SMILES string of the molecule is O=C(C[C@@H]1SC(N2CCCCC2)=NC1=O)Nc1cccc(C(=O)N2CCC[C@H](C(F)(F)F)C2)c1. The van der Waals surface area contributed by atoms with Gasteiger partial charge in [-0.3, -0.25) is 14.4 Å². The molecule has 11 heteroatoms. The molecule has 0 aliphatic carbocycles. The average Bonchev–Trinajstić information content (AvgIpc) is 3.18. The van der Waals surface area contributed by atoms with Crippen LogP contribution >= 0.6 is 11.8 Å². The lowest BCUT2D eigenvalue weighted by Crippen LogP contribution is -2.44. The fourth-order valence-electron chi connectivity index (χ4n) is 4.45. The Hall–Kier alpha value is -2.56. The van der Waals surface area contributed by atoms with E-state index in [4.69, 9.17) is 0 Å². The lowest BCUT2D eigenvalue weighted by molar-refractivity contribution is -0.184. The largest absolute Gasteiger partial charge is 0.393 e.